The summed E-state index contributed by atoms with van der Waals surface area (Å²) in [5, 5.41) is 2.72. The SMILES string of the molecule is CC(c1ccccc1)C1(F)C=C(N)C=CN1. The number of alkyl halides is 1. The summed E-state index contributed by atoms with van der Waals surface area (Å²) in [6, 6.07) is 9.55. The van der Waals surface area contributed by atoms with E-state index < -0.39 is 5.79 Å². The molecule has 3 heteroatoms. The van der Waals surface area contributed by atoms with Crippen LogP contribution in [0, 0.1) is 0 Å². The summed E-state index contributed by atoms with van der Waals surface area (Å²) in [7, 11) is 0. The van der Waals surface area contributed by atoms with Gasteiger partial charge < -0.3 is 11.1 Å². The third-order valence-electron chi connectivity index (χ3n) is 2.89. The van der Waals surface area contributed by atoms with Crippen molar-refractivity contribution in [1.29, 1.82) is 0 Å². The maximum atomic E-state index is 14.6. The first-order valence-electron chi connectivity index (χ1n) is 5.28. The zero-order chi connectivity index (χ0) is 11.6. The molecule has 1 aromatic rings. The van der Waals surface area contributed by atoms with Crippen LogP contribution >= 0.6 is 0 Å². The molecule has 2 rings (SSSR count). The van der Waals surface area contributed by atoms with Gasteiger partial charge in [-0.15, -0.1) is 0 Å². The number of benzene rings is 1. The van der Waals surface area contributed by atoms with Gasteiger partial charge in [0.25, 0.3) is 0 Å². The predicted octanol–water partition coefficient (Wildman–Crippen LogP) is 2.42. The first-order chi connectivity index (χ1) is 7.62. The number of halogens is 1. The molecule has 2 nitrogen and oxygen atoms in total. The molecule has 0 fully saturated rings. The maximum Gasteiger partial charge on any atom is 0.207 e. The van der Waals surface area contributed by atoms with Crippen LogP contribution in [0.25, 0.3) is 0 Å². The Labute approximate surface area is 94.7 Å². The summed E-state index contributed by atoms with van der Waals surface area (Å²) in [5.41, 5.74) is 7.01. The van der Waals surface area contributed by atoms with Crippen molar-refractivity contribution in [2.75, 3.05) is 0 Å². The van der Waals surface area contributed by atoms with Gasteiger partial charge in [0.15, 0.2) is 0 Å². The lowest BCUT2D eigenvalue weighted by molar-refractivity contribution is 0.161. The number of dihydropyridines is 1. The zero-order valence-corrected chi connectivity index (χ0v) is 9.15. The fourth-order valence-corrected chi connectivity index (χ4v) is 1.83. The summed E-state index contributed by atoms with van der Waals surface area (Å²) in [4.78, 5) is 0. The van der Waals surface area contributed by atoms with E-state index in [2.05, 4.69) is 5.32 Å². The fourth-order valence-electron chi connectivity index (χ4n) is 1.83. The third kappa shape index (κ3) is 1.94. The van der Waals surface area contributed by atoms with E-state index >= 15 is 0 Å². The molecule has 0 aliphatic carbocycles. The van der Waals surface area contributed by atoms with Crippen LogP contribution in [-0.2, 0) is 0 Å². The van der Waals surface area contributed by atoms with Gasteiger partial charge in [-0.1, -0.05) is 37.3 Å². The van der Waals surface area contributed by atoms with Gasteiger partial charge in [-0.05, 0) is 17.7 Å². The van der Waals surface area contributed by atoms with Crippen LogP contribution in [0.4, 0.5) is 4.39 Å². The summed E-state index contributed by atoms with van der Waals surface area (Å²) < 4.78 is 14.6. The smallest absolute Gasteiger partial charge is 0.207 e. The lowest BCUT2D eigenvalue weighted by Gasteiger charge is -2.31. The topological polar surface area (TPSA) is 38.0 Å². The van der Waals surface area contributed by atoms with Gasteiger partial charge in [-0.2, -0.15) is 0 Å². The lowest BCUT2D eigenvalue weighted by Crippen LogP contribution is -2.42. The standard InChI is InChI=1S/C13H15FN2/c1-10(11-5-3-2-4-6-11)13(14)9-12(15)7-8-16-13/h2-10,16H,15H2,1H3. The van der Waals surface area contributed by atoms with Crippen molar-refractivity contribution < 1.29 is 4.39 Å². The van der Waals surface area contributed by atoms with Crippen molar-refractivity contribution in [2.24, 2.45) is 5.73 Å². The Morgan fingerprint density at radius 2 is 2.00 bits per heavy atom. The summed E-state index contributed by atoms with van der Waals surface area (Å²) >= 11 is 0. The molecule has 0 amide bonds. The fraction of sp³-hybridized carbons (Fsp3) is 0.231. The van der Waals surface area contributed by atoms with Gasteiger partial charge in [0.05, 0.1) is 0 Å². The van der Waals surface area contributed by atoms with Gasteiger partial charge >= 0.3 is 0 Å². The summed E-state index contributed by atoms with van der Waals surface area (Å²) in [6.45, 7) is 1.84. The molecular weight excluding hydrogens is 203 g/mol. The van der Waals surface area contributed by atoms with Crippen molar-refractivity contribution >= 4 is 0 Å². The average Bonchev–Trinajstić information content (AvgIpc) is 2.29. The second kappa shape index (κ2) is 4.00. The Balaban J connectivity index is 2.29. The Morgan fingerprint density at radius 1 is 1.31 bits per heavy atom. The number of allylic oxidation sites excluding steroid dienone is 1. The second-order valence-electron chi connectivity index (χ2n) is 4.02. The minimum Gasteiger partial charge on any atom is -0.399 e. The number of hydrogen-bond acceptors (Lipinski definition) is 2. The van der Waals surface area contributed by atoms with Crippen LogP contribution in [0.3, 0.4) is 0 Å². The molecule has 3 N–H and O–H groups in total. The van der Waals surface area contributed by atoms with Crippen LogP contribution in [-0.4, -0.2) is 5.79 Å². The van der Waals surface area contributed by atoms with Crippen molar-refractivity contribution in [1.82, 2.24) is 5.32 Å². The van der Waals surface area contributed by atoms with Crippen molar-refractivity contribution in [3.05, 3.63) is 59.9 Å². The number of rotatable bonds is 2. The zero-order valence-electron chi connectivity index (χ0n) is 9.15. The molecule has 0 saturated heterocycles. The Hall–Kier alpha value is -1.77. The normalized spacial score (nSPS) is 25.8. The molecule has 1 aliphatic rings. The molecule has 0 spiro atoms. The largest absolute Gasteiger partial charge is 0.399 e. The Bertz CT molecular complexity index is 425. The molecule has 1 heterocycles. The number of nitrogens with two attached hydrogens (primary N) is 1. The van der Waals surface area contributed by atoms with E-state index in [1.54, 1.807) is 12.3 Å². The molecule has 1 aromatic carbocycles. The van der Waals surface area contributed by atoms with Crippen molar-refractivity contribution in [2.45, 2.75) is 18.6 Å². The lowest BCUT2D eigenvalue weighted by atomic mass is 9.89. The Kier molecular flexibility index (Phi) is 2.69. The van der Waals surface area contributed by atoms with E-state index in [4.69, 9.17) is 5.73 Å². The molecule has 0 radical (unpaired) electrons. The number of hydrogen-bond donors (Lipinski definition) is 2. The van der Waals surface area contributed by atoms with Crippen molar-refractivity contribution in [3.63, 3.8) is 0 Å². The van der Waals surface area contributed by atoms with Crippen LogP contribution < -0.4 is 11.1 Å². The highest BCUT2D eigenvalue weighted by atomic mass is 19.1. The number of nitrogens with one attached hydrogen (secondary N) is 1. The van der Waals surface area contributed by atoms with E-state index in [1.807, 2.05) is 37.3 Å². The third-order valence-corrected chi connectivity index (χ3v) is 2.89. The minimum absolute atomic E-state index is 0.294. The van der Waals surface area contributed by atoms with Gasteiger partial charge in [0.1, 0.15) is 0 Å². The van der Waals surface area contributed by atoms with Gasteiger partial charge in [-0.25, -0.2) is 4.39 Å². The Morgan fingerprint density at radius 3 is 2.62 bits per heavy atom. The van der Waals surface area contributed by atoms with Crippen LogP contribution in [0.15, 0.2) is 54.4 Å². The average molecular weight is 218 g/mol. The predicted molar refractivity (Wildman–Crippen MR) is 63.2 cm³/mol. The van der Waals surface area contributed by atoms with Crippen LogP contribution in [0.2, 0.25) is 0 Å². The van der Waals surface area contributed by atoms with Gasteiger partial charge in [-0.3, -0.25) is 0 Å². The highest BCUT2D eigenvalue weighted by molar-refractivity contribution is 5.31. The molecule has 1 aliphatic heterocycles. The summed E-state index contributed by atoms with van der Waals surface area (Å²) in [6.07, 6.45) is 4.62. The molecule has 0 saturated carbocycles. The van der Waals surface area contributed by atoms with E-state index in [1.165, 1.54) is 6.08 Å². The molecular formula is C13H15FN2. The van der Waals surface area contributed by atoms with Gasteiger partial charge in [0, 0.05) is 17.8 Å². The first kappa shape index (κ1) is 10.7. The molecule has 0 aromatic heterocycles. The highest BCUT2D eigenvalue weighted by Crippen LogP contribution is 2.32. The molecule has 84 valence electrons. The van der Waals surface area contributed by atoms with E-state index in [0.717, 1.165) is 5.56 Å². The molecule has 2 unspecified atom stereocenters. The first-order valence-corrected chi connectivity index (χ1v) is 5.28. The van der Waals surface area contributed by atoms with Crippen LogP contribution in [0.5, 0.6) is 0 Å². The maximum absolute atomic E-state index is 14.6. The second-order valence-corrected chi connectivity index (χ2v) is 4.02. The molecule has 2 atom stereocenters. The highest BCUT2D eigenvalue weighted by Gasteiger charge is 2.35. The minimum atomic E-state index is -1.61. The van der Waals surface area contributed by atoms with E-state index in [-0.39, 0.29) is 5.92 Å². The van der Waals surface area contributed by atoms with Crippen LogP contribution in [0.1, 0.15) is 18.4 Å². The van der Waals surface area contributed by atoms with E-state index in [0.29, 0.717) is 5.70 Å². The van der Waals surface area contributed by atoms with Gasteiger partial charge in [0.2, 0.25) is 5.79 Å². The molecule has 0 bridgehead atoms. The van der Waals surface area contributed by atoms with E-state index in [9.17, 15) is 4.39 Å². The molecule has 16 heavy (non-hydrogen) atoms. The monoisotopic (exact) mass is 218 g/mol. The quantitative estimate of drug-likeness (QED) is 0.748. The van der Waals surface area contributed by atoms with Crippen molar-refractivity contribution in [3.8, 4) is 0 Å². The summed E-state index contributed by atoms with van der Waals surface area (Å²) in [5.74, 6) is -1.91.